The Morgan fingerprint density at radius 1 is 0.938 bits per heavy atom. The van der Waals surface area contributed by atoms with Crippen LogP contribution >= 0.6 is 0 Å². The SMILES string of the molecule is CCOc1ccc2c(N/N=C/c3ccc4c(c3)c3ccccc3n4CC)cc(C)nc2c1. The molecule has 5 heteroatoms. The largest absolute Gasteiger partial charge is 0.494 e. The molecule has 160 valence electrons. The van der Waals surface area contributed by atoms with Crippen molar-refractivity contribution in [3.63, 3.8) is 0 Å². The molecule has 2 aromatic heterocycles. The van der Waals surface area contributed by atoms with Gasteiger partial charge in [-0.3, -0.25) is 10.4 Å². The molecule has 0 atom stereocenters. The first-order valence-corrected chi connectivity index (χ1v) is 11.0. The van der Waals surface area contributed by atoms with Crippen LogP contribution in [0.2, 0.25) is 0 Å². The highest BCUT2D eigenvalue weighted by molar-refractivity contribution is 6.09. The maximum atomic E-state index is 5.62. The molecular formula is C27H26N4O. The van der Waals surface area contributed by atoms with E-state index in [4.69, 9.17) is 4.74 Å². The fourth-order valence-corrected chi connectivity index (χ4v) is 4.36. The van der Waals surface area contributed by atoms with Crippen molar-refractivity contribution in [2.24, 2.45) is 5.10 Å². The molecule has 3 aromatic carbocycles. The van der Waals surface area contributed by atoms with Gasteiger partial charge in [0.2, 0.25) is 0 Å². The summed E-state index contributed by atoms with van der Waals surface area (Å²) < 4.78 is 7.97. The minimum absolute atomic E-state index is 0.633. The molecular weight excluding hydrogens is 396 g/mol. The Kier molecular flexibility index (Phi) is 5.23. The van der Waals surface area contributed by atoms with Gasteiger partial charge in [0.15, 0.2) is 0 Å². The van der Waals surface area contributed by atoms with E-state index in [2.05, 4.69) is 69.5 Å². The van der Waals surface area contributed by atoms with Gasteiger partial charge in [-0.15, -0.1) is 0 Å². The standard InChI is InChI=1S/C27H26N4O/c1-4-31-26-9-7-6-8-21(26)23-15-19(10-13-27(23)31)17-28-30-25-14-18(3)29-24-16-20(32-5-2)11-12-22(24)25/h6-17H,4-5H2,1-3H3,(H,29,30)/b28-17+. The topological polar surface area (TPSA) is 51.4 Å². The van der Waals surface area contributed by atoms with Gasteiger partial charge in [0, 0.05) is 45.5 Å². The number of aryl methyl sites for hydroxylation is 2. The number of ether oxygens (including phenoxy) is 1. The number of nitrogens with one attached hydrogen (secondary N) is 1. The average molecular weight is 423 g/mol. The molecule has 0 aliphatic carbocycles. The number of hydrazone groups is 1. The number of nitrogens with zero attached hydrogens (tertiary/aromatic N) is 3. The van der Waals surface area contributed by atoms with E-state index in [0.717, 1.165) is 40.1 Å². The summed E-state index contributed by atoms with van der Waals surface area (Å²) in [7, 11) is 0. The molecule has 0 spiro atoms. The van der Waals surface area contributed by atoms with Crippen LogP contribution in [-0.4, -0.2) is 22.4 Å². The Bertz CT molecular complexity index is 1470. The van der Waals surface area contributed by atoms with Crippen LogP contribution in [0.3, 0.4) is 0 Å². The Hall–Kier alpha value is -3.86. The maximum Gasteiger partial charge on any atom is 0.121 e. The molecule has 0 saturated heterocycles. The number of fused-ring (bicyclic) bond motifs is 4. The lowest BCUT2D eigenvalue weighted by Gasteiger charge is -2.09. The van der Waals surface area contributed by atoms with Gasteiger partial charge in [0.1, 0.15) is 5.75 Å². The van der Waals surface area contributed by atoms with E-state index in [-0.39, 0.29) is 0 Å². The molecule has 32 heavy (non-hydrogen) atoms. The third-order valence-electron chi connectivity index (χ3n) is 5.73. The van der Waals surface area contributed by atoms with Gasteiger partial charge in [-0.2, -0.15) is 5.10 Å². The van der Waals surface area contributed by atoms with E-state index in [1.165, 1.54) is 21.8 Å². The van der Waals surface area contributed by atoms with Crippen molar-refractivity contribution in [3.8, 4) is 5.75 Å². The van der Waals surface area contributed by atoms with Crippen molar-refractivity contribution in [1.29, 1.82) is 0 Å². The highest BCUT2D eigenvalue weighted by Gasteiger charge is 2.09. The Balaban J connectivity index is 1.47. The zero-order chi connectivity index (χ0) is 22.1. The summed E-state index contributed by atoms with van der Waals surface area (Å²) in [5, 5.41) is 8.07. The van der Waals surface area contributed by atoms with E-state index < -0.39 is 0 Å². The van der Waals surface area contributed by atoms with E-state index in [0.29, 0.717) is 6.61 Å². The Morgan fingerprint density at radius 3 is 2.62 bits per heavy atom. The monoisotopic (exact) mass is 422 g/mol. The fraction of sp³-hybridized carbons (Fsp3) is 0.185. The van der Waals surface area contributed by atoms with E-state index in [1.54, 1.807) is 0 Å². The molecule has 0 aliphatic rings. The van der Waals surface area contributed by atoms with Gasteiger partial charge < -0.3 is 9.30 Å². The van der Waals surface area contributed by atoms with E-state index >= 15 is 0 Å². The number of aromatic nitrogens is 2. The van der Waals surface area contributed by atoms with Crippen LogP contribution in [0.15, 0.2) is 71.8 Å². The number of hydrogen-bond acceptors (Lipinski definition) is 4. The molecule has 2 heterocycles. The number of rotatable bonds is 6. The van der Waals surface area contributed by atoms with Gasteiger partial charge in [0.05, 0.1) is 24.0 Å². The van der Waals surface area contributed by atoms with Crippen LogP contribution in [0.5, 0.6) is 5.75 Å². The lowest BCUT2D eigenvalue weighted by molar-refractivity contribution is 0.340. The Morgan fingerprint density at radius 2 is 1.78 bits per heavy atom. The molecule has 5 nitrogen and oxygen atoms in total. The first-order valence-electron chi connectivity index (χ1n) is 11.0. The smallest absolute Gasteiger partial charge is 0.121 e. The summed E-state index contributed by atoms with van der Waals surface area (Å²) in [6.07, 6.45) is 1.87. The maximum absolute atomic E-state index is 5.62. The summed E-state index contributed by atoms with van der Waals surface area (Å²) in [6, 6.07) is 23.0. The summed E-state index contributed by atoms with van der Waals surface area (Å²) in [5.41, 5.74) is 9.53. The number of pyridine rings is 1. The zero-order valence-corrected chi connectivity index (χ0v) is 18.6. The van der Waals surface area contributed by atoms with Crippen LogP contribution in [0, 0.1) is 6.92 Å². The second-order valence-electron chi connectivity index (χ2n) is 7.83. The molecule has 0 unspecified atom stereocenters. The van der Waals surface area contributed by atoms with Gasteiger partial charge in [0.25, 0.3) is 0 Å². The van der Waals surface area contributed by atoms with E-state index in [1.807, 2.05) is 44.3 Å². The van der Waals surface area contributed by atoms with Crippen LogP contribution in [0.1, 0.15) is 25.1 Å². The average Bonchev–Trinajstić information content (AvgIpc) is 3.12. The summed E-state index contributed by atoms with van der Waals surface area (Å²) >= 11 is 0. The third kappa shape index (κ3) is 3.56. The van der Waals surface area contributed by atoms with Gasteiger partial charge in [-0.25, -0.2) is 0 Å². The quantitative estimate of drug-likeness (QED) is 0.250. The predicted octanol–water partition coefficient (Wildman–Crippen LogP) is 6.52. The van der Waals surface area contributed by atoms with Crippen molar-refractivity contribution in [2.75, 3.05) is 12.0 Å². The Labute approximate surface area is 187 Å². The second kappa shape index (κ2) is 8.35. The van der Waals surface area contributed by atoms with Crippen LogP contribution < -0.4 is 10.2 Å². The molecule has 0 bridgehead atoms. The molecule has 0 aliphatic heterocycles. The van der Waals surface area contributed by atoms with Crippen molar-refractivity contribution >= 4 is 44.6 Å². The molecule has 0 saturated carbocycles. The summed E-state index contributed by atoms with van der Waals surface area (Å²) in [4.78, 5) is 4.64. The number of para-hydroxylation sites is 1. The first kappa shape index (κ1) is 20.1. The third-order valence-corrected chi connectivity index (χ3v) is 5.73. The first-order chi connectivity index (χ1) is 15.7. The minimum atomic E-state index is 0.633. The molecule has 5 rings (SSSR count). The molecule has 0 fully saturated rings. The normalized spacial score (nSPS) is 11.7. The van der Waals surface area contributed by atoms with Crippen molar-refractivity contribution < 1.29 is 4.74 Å². The highest BCUT2D eigenvalue weighted by atomic mass is 16.5. The number of hydrogen-bond donors (Lipinski definition) is 1. The van der Waals surface area contributed by atoms with Crippen molar-refractivity contribution in [1.82, 2.24) is 9.55 Å². The predicted molar refractivity (Wildman–Crippen MR) is 134 cm³/mol. The minimum Gasteiger partial charge on any atom is -0.494 e. The highest BCUT2D eigenvalue weighted by Crippen LogP contribution is 2.30. The summed E-state index contributed by atoms with van der Waals surface area (Å²) in [6.45, 7) is 7.72. The summed E-state index contributed by atoms with van der Waals surface area (Å²) in [5.74, 6) is 0.826. The van der Waals surface area contributed by atoms with Crippen LogP contribution in [-0.2, 0) is 6.54 Å². The van der Waals surface area contributed by atoms with Gasteiger partial charge >= 0.3 is 0 Å². The van der Waals surface area contributed by atoms with Crippen LogP contribution in [0.25, 0.3) is 32.7 Å². The molecule has 0 amide bonds. The zero-order valence-electron chi connectivity index (χ0n) is 18.6. The van der Waals surface area contributed by atoms with Gasteiger partial charge in [-0.05, 0) is 62.7 Å². The van der Waals surface area contributed by atoms with Crippen molar-refractivity contribution in [2.45, 2.75) is 27.3 Å². The molecule has 5 aromatic rings. The van der Waals surface area contributed by atoms with Crippen LogP contribution in [0.4, 0.5) is 5.69 Å². The number of anilines is 1. The lowest BCUT2D eigenvalue weighted by Crippen LogP contribution is -1.96. The number of benzene rings is 3. The molecule has 0 radical (unpaired) electrons. The molecule has 1 N–H and O–H groups in total. The fourth-order valence-electron chi connectivity index (χ4n) is 4.36. The second-order valence-corrected chi connectivity index (χ2v) is 7.83. The van der Waals surface area contributed by atoms with E-state index in [9.17, 15) is 0 Å². The van der Waals surface area contributed by atoms with Gasteiger partial charge in [-0.1, -0.05) is 24.3 Å². The lowest BCUT2D eigenvalue weighted by atomic mass is 10.1. The van der Waals surface area contributed by atoms with Crippen molar-refractivity contribution in [3.05, 3.63) is 78.0 Å².